The van der Waals surface area contributed by atoms with Crippen molar-refractivity contribution in [2.45, 2.75) is 26.3 Å². The number of nitrogens with one attached hydrogen (secondary N) is 1. The van der Waals surface area contributed by atoms with Crippen LogP contribution < -0.4 is 15.8 Å². The van der Waals surface area contributed by atoms with Gasteiger partial charge in [-0.15, -0.1) is 13.2 Å². The van der Waals surface area contributed by atoms with Crippen LogP contribution in [0.2, 0.25) is 0 Å². The fourth-order valence-electron chi connectivity index (χ4n) is 1.27. The zero-order chi connectivity index (χ0) is 14.6. The number of anilines is 1. The number of alkyl halides is 3. The molecule has 3 N–H and O–H groups in total. The van der Waals surface area contributed by atoms with Crippen LogP contribution in [0.3, 0.4) is 0 Å². The number of amides is 1. The Labute approximate surface area is 108 Å². The van der Waals surface area contributed by atoms with E-state index in [1.807, 2.05) is 0 Å². The van der Waals surface area contributed by atoms with Crippen molar-refractivity contribution in [2.24, 2.45) is 11.7 Å². The van der Waals surface area contributed by atoms with E-state index in [-0.39, 0.29) is 17.6 Å². The van der Waals surface area contributed by atoms with Gasteiger partial charge in [0.05, 0.1) is 6.04 Å². The van der Waals surface area contributed by atoms with E-state index in [4.69, 9.17) is 5.73 Å². The number of hydrogen-bond donors (Lipinski definition) is 2. The minimum atomic E-state index is -4.73. The molecule has 106 valence electrons. The van der Waals surface area contributed by atoms with Gasteiger partial charge in [0.2, 0.25) is 5.91 Å². The maximum atomic E-state index is 11.9. The highest BCUT2D eigenvalue weighted by Gasteiger charge is 2.31. The lowest BCUT2D eigenvalue weighted by Crippen LogP contribution is -2.39. The molecule has 0 aromatic heterocycles. The van der Waals surface area contributed by atoms with Crippen molar-refractivity contribution >= 4 is 11.6 Å². The second kappa shape index (κ2) is 5.92. The van der Waals surface area contributed by atoms with Crippen molar-refractivity contribution in [2.75, 3.05) is 5.32 Å². The monoisotopic (exact) mass is 276 g/mol. The fraction of sp³-hybridized carbons (Fsp3) is 0.417. The average molecular weight is 276 g/mol. The molecule has 1 aromatic carbocycles. The molecule has 1 rings (SSSR count). The summed E-state index contributed by atoms with van der Waals surface area (Å²) in [5.41, 5.74) is 5.99. The molecule has 0 aliphatic heterocycles. The van der Waals surface area contributed by atoms with E-state index in [0.29, 0.717) is 5.69 Å². The predicted octanol–water partition coefficient (Wildman–Crippen LogP) is 2.51. The van der Waals surface area contributed by atoms with Crippen LogP contribution in [0.5, 0.6) is 5.75 Å². The molecule has 0 fully saturated rings. The number of halogens is 3. The van der Waals surface area contributed by atoms with Crippen molar-refractivity contribution in [1.82, 2.24) is 0 Å². The molecule has 1 amide bonds. The lowest BCUT2D eigenvalue weighted by atomic mass is 10.1. The molecule has 0 radical (unpaired) electrons. The zero-order valence-corrected chi connectivity index (χ0v) is 10.5. The number of carbonyl (C=O) groups excluding carboxylic acids is 1. The van der Waals surface area contributed by atoms with E-state index in [1.165, 1.54) is 12.1 Å². The molecule has 1 aromatic rings. The van der Waals surface area contributed by atoms with E-state index >= 15 is 0 Å². The Morgan fingerprint density at radius 1 is 1.26 bits per heavy atom. The van der Waals surface area contributed by atoms with Crippen LogP contribution in [0.25, 0.3) is 0 Å². The summed E-state index contributed by atoms with van der Waals surface area (Å²) in [5, 5.41) is 2.51. The van der Waals surface area contributed by atoms with E-state index in [1.54, 1.807) is 13.8 Å². The number of ether oxygens (including phenoxy) is 1. The lowest BCUT2D eigenvalue weighted by Gasteiger charge is -2.15. The number of nitrogens with two attached hydrogens (primary N) is 1. The summed E-state index contributed by atoms with van der Waals surface area (Å²) in [6, 6.07) is 4.18. The predicted molar refractivity (Wildman–Crippen MR) is 64.6 cm³/mol. The summed E-state index contributed by atoms with van der Waals surface area (Å²) in [5.74, 6) is -0.772. The topological polar surface area (TPSA) is 64.4 Å². The molecular formula is C12H15F3N2O2. The number of hydrogen-bond acceptors (Lipinski definition) is 3. The van der Waals surface area contributed by atoms with Crippen LogP contribution in [0.15, 0.2) is 24.3 Å². The van der Waals surface area contributed by atoms with Gasteiger partial charge in [-0.25, -0.2) is 0 Å². The molecule has 0 aliphatic rings. The van der Waals surface area contributed by atoms with Crippen LogP contribution >= 0.6 is 0 Å². The highest BCUT2D eigenvalue weighted by atomic mass is 19.4. The van der Waals surface area contributed by atoms with Gasteiger partial charge in [-0.3, -0.25) is 4.79 Å². The molecule has 19 heavy (non-hydrogen) atoms. The van der Waals surface area contributed by atoms with Crippen LogP contribution in [0.1, 0.15) is 13.8 Å². The van der Waals surface area contributed by atoms with E-state index in [2.05, 4.69) is 10.1 Å². The number of rotatable bonds is 4. The molecule has 0 saturated carbocycles. The number of benzene rings is 1. The molecule has 0 bridgehead atoms. The van der Waals surface area contributed by atoms with Gasteiger partial charge in [0, 0.05) is 5.69 Å². The van der Waals surface area contributed by atoms with Crippen molar-refractivity contribution in [3.05, 3.63) is 24.3 Å². The summed E-state index contributed by atoms with van der Waals surface area (Å²) < 4.78 is 39.5. The lowest BCUT2D eigenvalue weighted by molar-refractivity contribution is -0.274. The Bertz CT molecular complexity index is 430. The Hall–Kier alpha value is -1.76. The van der Waals surface area contributed by atoms with Crippen LogP contribution in [0, 0.1) is 5.92 Å². The molecular weight excluding hydrogens is 261 g/mol. The van der Waals surface area contributed by atoms with Gasteiger partial charge in [0.25, 0.3) is 0 Å². The van der Waals surface area contributed by atoms with Gasteiger partial charge in [-0.1, -0.05) is 13.8 Å². The molecule has 0 aliphatic carbocycles. The van der Waals surface area contributed by atoms with Crippen molar-refractivity contribution in [3.8, 4) is 5.75 Å². The zero-order valence-electron chi connectivity index (χ0n) is 10.5. The minimum Gasteiger partial charge on any atom is -0.406 e. The summed E-state index contributed by atoms with van der Waals surface area (Å²) in [7, 11) is 0. The first-order valence-electron chi connectivity index (χ1n) is 5.61. The van der Waals surface area contributed by atoms with Gasteiger partial charge in [0.15, 0.2) is 0 Å². The molecule has 0 unspecified atom stereocenters. The molecule has 4 nitrogen and oxygen atoms in total. The second-order valence-electron chi connectivity index (χ2n) is 4.33. The van der Waals surface area contributed by atoms with Crippen LogP contribution in [-0.2, 0) is 4.79 Å². The Morgan fingerprint density at radius 3 is 2.21 bits per heavy atom. The third-order valence-corrected chi connectivity index (χ3v) is 2.38. The molecule has 0 spiro atoms. The van der Waals surface area contributed by atoms with Crippen molar-refractivity contribution in [3.63, 3.8) is 0 Å². The summed E-state index contributed by atoms with van der Waals surface area (Å²) in [4.78, 5) is 11.6. The molecule has 0 heterocycles. The maximum Gasteiger partial charge on any atom is 0.573 e. The third-order valence-electron chi connectivity index (χ3n) is 2.38. The Kier molecular flexibility index (Phi) is 4.77. The standard InChI is InChI=1S/C12H15F3N2O2/c1-7(2)10(16)11(18)17-8-3-5-9(6-4-8)19-12(13,14)15/h3-7,10H,16H2,1-2H3,(H,17,18)/t10-/m1/s1. The SMILES string of the molecule is CC(C)[C@@H](N)C(=O)Nc1ccc(OC(F)(F)F)cc1. The minimum absolute atomic E-state index is 0.0344. The normalized spacial score (nSPS) is 13.2. The summed E-state index contributed by atoms with van der Waals surface area (Å²) in [6.07, 6.45) is -4.73. The second-order valence-corrected chi connectivity index (χ2v) is 4.33. The highest BCUT2D eigenvalue weighted by molar-refractivity contribution is 5.94. The first-order valence-corrected chi connectivity index (χ1v) is 5.61. The third kappa shape index (κ3) is 5.17. The average Bonchev–Trinajstić information content (AvgIpc) is 2.28. The first-order chi connectivity index (χ1) is 8.69. The Morgan fingerprint density at radius 2 is 1.79 bits per heavy atom. The van der Waals surface area contributed by atoms with Gasteiger partial charge in [-0.2, -0.15) is 0 Å². The smallest absolute Gasteiger partial charge is 0.406 e. The van der Waals surface area contributed by atoms with Gasteiger partial charge >= 0.3 is 6.36 Å². The van der Waals surface area contributed by atoms with Gasteiger partial charge < -0.3 is 15.8 Å². The van der Waals surface area contributed by atoms with E-state index in [9.17, 15) is 18.0 Å². The van der Waals surface area contributed by atoms with E-state index in [0.717, 1.165) is 12.1 Å². The molecule has 7 heteroatoms. The van der Waals surface area contributed by atoms with E-state index < -0.39 is 12.4 Å². The quantitative estimate of drug-likeness (QED) is 0.888. The molecule has 1 atom stereocenters. The first kappa shape index (κ1) is 15.3. The van der Waals surface area contributed by atoms with Gasteiger partial charge in [0.1, 0.15) is 5.75 Å². The Balaban J connectivity index is 2.65. The van der Waals surface area contributed by atoms with Gasteiger partial charge in [-0.05, 0) is 30.2 Å². The van der Waals surface area contributed by atoms with Crippen molar-refractivity contribution < 1.29 is 22.7 Å². The summed E-state index contributed by atoms with van der Waals surface area (Å²) >= 11 is 0. The largest absolute Gasteiger partial charge is 0.573 e. The summed E-state index contributed by atoms with van der Waals surface area (Å²) in [6.45, 7) is 3.59. The highest BCUT2D eigenvalue weighted by Crippen LogP contribution is 2.24. The maximum absolute atomic E-state index is 11.9. The fourth-order valence-corrected chi connectivity index (χ4v) is 1.27. The van der Waals surface area contributed by atoms with Crippen LogP contribution in [-0.4, -0.2) is 18.3 Å². The number of carbonyl (C=O) groups is 1. The van der Waals surface area contributed by atoms with Crippen LogP contribution in [0.4, 0.5) is 18.9 Å². The van der Waals surface area contributed by atoms with Crippen molar-refractivity contribution in [1.29, 1.82) is 0 Å². The molecule has 0 saturated heterocycles.